The summed E-state index contributed by atoms with van der Waals surface area (Å²) in [5, 5.41) is 21.4. The molecule has 0 spiro atoms. The molecule has 0 heterocycles. The molecule has 0 aromatic carbocycles. The van der Waals surface area contributed by atoms with E-state index in [-0.39, 0.29) is 18.7 Å². The number of nitroso groups, excluding NO2 is 1. The molecular formula is C6H10N2O4. The topological polar surface area (TPSA) is 99.3 Å². The molecule has 6 heteroatoms. The number of rotatable bonds is 5. The van der Waals surface area contributed by atoms with E-state index in [4.69, 9.17) is 10.3 Å². The van der Waals surface area contributed by atoms with Gasteiger partial charge in [0.2, 0.25) is 5.84 Å². The number of hydrogen-bond donors (Lipinski definition) is 2. The minimum Gasteiger partial charge on any atom is -0.481 e. The molecule has 0 radical (unpaired) electrons. The van der Waals surface area contributed by atoms with Crippen molar-refractivity contribution in [2.75, 3.05) is 0 Å². The summed E-state index contributed by atoms with van der Waals surface area (Å²) < 4.78 is 0. The largest absolute Gasteiger partial charge is 0.481 e. The van der Waals surface area contributed by atoms with Crippen LogP contribution in [-0.4, -0.2) is 22.1 Å². The normalized spacial score (nSPS) is 11.2. The summed E-state index contributed by atoms with van der Waals surface area (Å²) in [6, 6.07) is 0. The van der Waals surface area contributed by atoms with Gasteiger partial charge in [-0.15, -0.1) is 4.91 Å². The van der Waals surface area contributed by atoms with Crippen molar-refractivity contribution < 1.29 is 15.1 Å². The van der Waals surface area contributed by atoms with E-state index in [0.717, 1.165) is 0 Å². The predicted octanol–water partition coefficient (Wildman–Crippen LogP) is 1.19. The van der Waals surface area contributed by atoms with Crippen molar-refractivity contribution in [1.29, 1.82) is 0 Å². The molecule has 0 aliphatic rings. The van der Waals surface area contributed by atoms with Crippen LogP contribution in [0, 0.1) is 4.91 Å². The van der Waals surface area contributed by atoms with Crippen LogP contribution in [0.4, 0.5) is 0 Å². The third kappa shape index (κ3) is 5.33. The molecule has 0 aromatic heterocycles. The third-order valence-corrected chi connectivity index (χ3v) is 1.26. The molecule has 0 aliphatic heterocycles. The highest BCUT2D eigenvalue weighted by Gasteiger charge is 2.01. The number of carboxylic acids is 1. The molecule has 6 nitrogen and oxygen atoms in total. The van der Waals surface area contributed by atoms with Gasteiger partial charge in [-0.05, 0) is 18.0 Å². The highest BCUT2D eigenvalue weighted by molar-refractivity contribution is 5.82. The molecule has 0 amide bonds. The third-order valence-electron chi connectivity index (χ3n) is 1.26. The molecule has 0 rings (SSSR count). The Morgan fingerprint density at radius 3 is 2.25 bits per heavy atom. The van der Waals surface area contributed by atoms with Crippen LogP contribution in [0.5, 0.6) is 0 Å². The molecule has 0 bridgehead atoms. The Balaban J connectivity index is 3.42. The second-order valence-electron chi connectivity index (χ2n) is 2.21. The lowest BCUT2D eigenvalue weighted by Gasteiger charge is -1.94. The number of unbranched alkanes of at least 4 members (excludes halogenated alkanes) is 1. The zero-order valence-electron chi connectivity index (χ0n) is 6.43. The average molecular weight is 174 g/mol. The van der Waals surface area contributed by atoms with Crippen molar-refractivity contribution in [3.8, 4) is 0 Å². The molecule has 0 fully saturated rings. The first-order valence-electron chi connectivity index (χ1n) is 3.46. The monoisotopic (exact) mass is 174 g/mol. The van der Waals surface area contributed by atoms with Crippen LogP contribution in [0.3, 0.4) is 0 Å². The standard InChI is InChI=1S/C6H10N2O4/c9-6(10)4-2-1-3-5(7-11)8-12/h11H,1-4H2,(H,9,10). The van der Waals surface area contributed by atoms with Crippen molar-refractivity contribution in [2.24, 2.45) is 10.3 Å². The Kier molecular flexibility index (Phi) is 5.50. The van der Waals surface area contributed by atoms with E-state index in [1.54, 1.807) is 0 Å². The van der Waals surface area contributed by atoms with Gasteiger partial charge in [0.1, 0.15) is 0 Å². The summed E-state index contributed by atoms with van der Waals surface area (Å²) in [7, 11) is 0. The molecule has 0 saturated carbocycles. The number of nitrogens with zero attached hydrogens (tertiary/aromatic N) is 2. The van der Waals surface area contributed by atoms with Gasteiger partial charge in [0.15, 0.2) is 0 Å². The van der Waals surface area contributed by atoms with Gasteiger partial charge in [-0.2, -0.15) is 0 Å². The van der Waals surface area contributed by atoms with Gasteiger partial charge in [-0.25, -0.2) is 0 Å². The van der Waals surface area contributed by atoms with Crippen LogP contribution in [0.15, 0.2) is 10.3 Å². The minimum absolute atomic E-state index is 0.0531. The molecule has 0 aliphatic carbocycles. The van der Waals surface area contributed by atoms with E-state index >= 15 is 0 Å². The molecule has 68 valence electrons. The van der Waals surface area contributed by atoms with Gasteiger partial charge in [-0.1, -0.05) is 5.16 Å². The SMILES string of the molecule is O=NC(CCCCC(=O)O)=NO. The number of hydrogen-bond acceptors (Lipinski definition) is 4. The first kappa shape index (κ1) is 10.5. The maximum absolute atomic E-state index is 10.0. The van der Waals surface area contributed by atoms with Crippen molar-refractivity contribution in [3.05, 3.63) is 4.91 Å². The Hall–Kier alpha value is -1.46. The maximum atomic E-state index is 10.0. The van der Waals surface area contributed by atoms with Crippen molar-refractivity contribution in [3.63, 3.8) is 0 Å². The van der Waals surface area contributed by atoms with Gasteiger partial charge in [-0.3, -0.25) is 4.79 Å². The number of carboxylic acid groups (broad SMARTS) is 1. The molecule has 2 N–H and O–H groups in total. The molecule has 0 aromatic rings. The van der Waals surface area contributed by atoms with Gasteiger partial charge in [0, 0.05) is 12.8 Å². The fraction of sp³-hybridized carbons (Fsp3) is 0.667. The zero-order chi connectivity index (χ0) is 9.40. The lowest BCUT2D eigenvalue weighted by Crippen LogP contribution is -1.96. The van der Waals surface area contributed by atoms with Gasteiger partial charge in [0.05, 0.1) is 0 Å². The van der Waals surface area contributed by atoms with Crippen molar-refractivity contribution in [1.82, 2.24) is 0 Å². The predicted molar refractivity (Wildman–Crippen MR) is 41.1 cm³/mol. The van der Waals surface area contributed by atoms with Crippen LogP contribution in [-0.2, 0) is 4.79 Å². The van der Waals surface area contributed by atoms with Crippen molar-refractivity contribution >= 4 is 11.8 Å². The molecule has 12 heavy (non-hydrogen) atoms. The fourth-order valence-electron chi connectivity index (χ4n) is 0.673. The summed E-state index contributed by atoms with van der Waals surface area (Å²) >= 11 is 0. The summed E-state index contributed by atoms with van der Waals surface area (Å²) in [5.74, 6) is -1.07. The smallest absolute Gasteiger partial charge is 0.303 e. The van der Waals surface area contributed by atoms with E-state index in [1.165, 1.54) is 0 Å². The lowest BCUT2D eigenvalue weighted by atomic mass is 10.2. The first-order chi connectivity index (χ1) is 5.70. The molecule has 0 unspecified atom stereocenters. The minimum atomic E-state index is -0.878. The first-order valence-corrected chi connectivity index (χ1v) is 3.46. The summed E-state index contributed by atoms with van der Waals surface area (Å²) in [4.78, 5) is 19.8. The number of aliphatic carboxylic acids is 1. The summed E-state index contributed by atoms with van der Waals surface area (Å²) in [6.07, 6.45) is 1.20. The average Bonchev–Trinajstić information content (AvgIpc) is 2.04. The van der Waals surface area contributed by atoms with E-state index < -0.39 is 5.97 Å². The van der Waals surface area contributed by atoms with Crippen LogP contribution in [0.25, 0.3) is 0 Å². The Bertz CT molecular complexity index is 190. The van der Waals surface area contributed by atoms with Gasteiger partial charge in [0.25, 0.3) is 0 Å². The highest BCUT2D eigenvalue weighted by atomic mass is 16.4. The second-order valence-corrected chi connectivity index (χ2v) is 2.21. The summed E-state index contributed by atoms with van der Waals surface area (Å²) in [5.41, 5.74) is 0. The number of oxime groups is 1. The van der Waals surface area contributed by atoms with E-state index in [0.29, 0.717) is 12.8 Å². The lowest BCUT2D eigenvalue weighted by molar-refractivity contribution is -0.137. The molecular weight excluding hydrogens is 164 g/mol. The Morgan fingerprint density at radius 1 is 1.25 bits per heavy atom. The Morgan fingerprint density at radius 2 is 1.83 bits per heavy atom. The Labute approximate surface area is 68.9 Å². The van der Waals surface area contributed by atoms with Crippen molar-refractivity contribution in [2.45, 2.75) is 25.7 Å². The summed E-state index contributed by atoms with van der Waals surface area (Å²) in [6.45, 7) is 0. The van der Waals surface area contributed by atoms with Crippen LogP contribution < -0.4 is 0 Å². The number of amidine groups is 1. The zero-order valence-corrected chi connectivity index (χ0v) is 6.43. The highest BCUT2D eigenvalue weighted by Crippen LogP contribution is 2.01. The van der Waals surface area contributed by atoms with Crippen LogP contribution >= 0.6 is 0 Å². The quantitative estimate of drug-likeness (QED) is 0.163. The van der Waals surface area contributed by atoms with E-state index in [2.05, 4.69) is 10.3 Å². The fourth-order valence-corrected chi connectivity index (χ4v) is 0.673. The van der Waals surface area contributed by atoms with E-state index in [9.17, 15) is 9.70 Å². The number of carbonyl (C=O) groups is 1. The maximum Gasteiger partial charge on any atom is 0.303 e. The van der Waals surface area contributed by atoms with Crippen LogP contribution in [0.2, 0.25) is 0 Å². The van der Waals surface area contributed by atoms with Crippen LogP contribution in [0.1, 0.15) is 25.7 Å². The van der Waals surface area contributed by atoms with E-state index in [1.807, 2.05) is 0 Å². The van der Waals surface area contributed by atoms with Gasteiger partial charge < -0.3 is 10.3 Å². The molecule has 0 saturated heterocycles. The molecule has 0 atom stereocenters. The van der Waals surface area contributed by atoms with Gasteiger partial charge >= 0.3 is 5.97 Å². The second kappa shape index (κ2) is 6.26.